The van der Waals surface area contributed by atoms with Crippen molar-refractivity contribution in [3.63, 3.8) is 0 Å². The Bertz CT molecular complexity index is 595. The normalized spacial score (nSPS) is 24.4. The summed E-state index contributed by atoms with van der Waals surface area (Å²) in [4.78, 5) is 0. The van der Waals surface area contributed by atoms with Gasteiger partial charge in [-0.05, 0) is 45.2 Å². The first-order valence-corrected chi connectivity index (χ1v) is 10.2. The highest BCUT2D eigenvalue weighted by atomic mass is 32.2. The lowest BCUT2D eigenvalue weighted by molar-refractivity contribution is 0.334. The first kappa shape index (κ1) is 17.5. The molecule has 5 nitrogen and oxygen atoms in total. The third-order valence-electron chi connectivity index (χ3n) is 4.57. The van der Waals surface area contributed by atoms with Crippen LogP contribution in [0.4, 0.5) is 0 Å². The molecule has 1 saturated carbocycles. The molecule has 3 atom stereocenters. The van der Waals surface area contributed by atoms with Gasteiger partial charge >= 0.3 is 0 Å². The molecular weight excluding hydrogens is 298 g/mol. The number of hydrogen-bond acceptors (Lipinski definition) is 4. The van der Waals surface area contributed by atoms with Gasteiger partial charge in [0.05, 0.1) is 10.9 Å². The van der Waals surface area contributed by atoms with Crippen LogP contribution in [-0.2, 0) is 16.4 Å². The first-order chi connectivity index (χ1) is 10.3. The van der Waals surface area contributed by atoms with Crippen LogP contribution in [0.25, 0.3) is 0 Å². The Morgan fingerprint density at radius 3 is 2.64 bits per heavy atom. The van der Waals surface area contributed by atoms with E-state index in [2.05, 4.69) is 30.3 Å². The molecule has 0 aliphatic heterocycles. The molecule has 0 bridgehead atoms. The van der Waals surface area contributed by atoms with Gasteiger partial charge in [-0.3, -0.25) is 4.68 Å². The Morgan fingerprint density at radius 1 is 1.36 bits per heavy atom. The zero-order valence-corrected chi connectivity index (χ0v) is 15.0. The van der Waals surface area contributed by atoms with Crippen molar-refractivity contribution in [3.8, 4) is 0 Å². The molecule has 2 rings (SSSR count). The van der Waals surface area contributed by atoms with Gasteiger partial charge in [0.2, 0.25) is 0 Å². The predicted octanol–water partition coefficient (Wildman–Crippen LogP) is 2.08. The van der Waals surface area contributed by atoms with Crippen molar-refractivity contribution in [3.05, 3.63) is 17.5 Å². The van der Waals surface area contributed by atoms with Crippen molar-refractivity contribution >= 4 is 9.84 Å². The molecule has 0 saturated heterocycles. The first-order valence-electron chi connectivity index (χ1n) is 8.20. The number of aryl methyl sites for hydroxylation is 2. The zero-order valence-electron chi connectivity index (χ0n) is 14.2. The van der Waals surface area contributed by atoms with E-state index in [-0.39, 0.29) is 11.3 Å². The Kier molecular flexibility index (Phi) is 5.66. The molecule has 1 aliphatic rings. The third-order valence-corrected chi connectivity index (χ3v) is 6.23. The molecule has 0 spiro atoms. The second-order valence-electron chi connectivity index (χ2n) is 6.88. The summed E-state index contributed by atoms with van der Waals surface area (Å²) < 4.78 is 25.9. The SMILES string of the molecule is Cc1cc(C)n(C[C@H](C)CN[C@@H]2CCCC[C@@H]2S(C)(=O)=O)n1. The van der Waals surface area contributed by atoms with Crippen molar-refractivity contribution in [2.75, 3.05) is 12.8 Å². The van der Waals surface area contributed by atoms with Gasteiger partial charge in [-0.2, -0.15) is 5.10 Å². The minimum atomic E-state index is -2.97. The molecule has 1 aromatic heterocycles. The Morgan fingerprint density at radius 2 is 2.05 bits per heavy atom. The van der Waals surface area contributed by atoms with Crippen molar-refractivity contribution in [2.45, 2.75) is 64.3 Å². The van der Waals surface area contributed by atoms with E-state index >= 15 is 0 Å². The van der Waals surface area contributed by atoms with Gasteiger partial charge in [-0.1, -0.05) is 19.8 Å². The second-order valence-corrected chi connectivity index (χ2v) is 9.15. The monoisotopic (exact) mass is 327 g/mol. The summed E-state index contributed by atoms with van der Waals surface area (Å²) in [5, 5.41) is 7.78. The molecule has 6 heteroatoms. The van der Waals surface area contributed by atoms with Crippen LogP contribution in [-0.4, -0.2) is 42.3 Å². The highest BCUT2D eigenvalue weighted by Crippen LogP contribution is 2.24. The molecule has 1 aliphatic carbocycles. The fourth-order valence-electron chi connectivity index (χ4n) is 3.41. The summed E-state index contributed by atoms with van der Waals surface area (Å²) in [7, 11) is -2.97. The van der Waals surface area contributed by atoms with Crippen LogP contribution >= 0.6 is 0 Å². The lowest BCUT2D eigenvalue weighted by Crippen LogP contribution is -2.47. The molecular formula is C16H29N3O2S. The molecule has 1 fully saturated rings. The lowest BCUT2D eigenvalue weighted by Gasteiger charge is -2.32. The van der Waals surface area contributed by atoms with Crippen LogP contribution in [0.2, 0.25) is 0 Å². The van der Waals surface area contributed by atoms with Crippen LogP contribution < -0.4 is 5.32 Å². The third kappa shape index (κ3) is 4.56. The summed E-state index contributed by atoms with van der Waals surface area (Å²) in [5.74, 6) is 0.417. The molecule has 126 valence electrons. The van der Waals surface area contributed by atoms with Crippen LogP contribution in [0.5, 0.6) is 0 Å². The van der Waals surface area contributed by atoms with E-state index in [1.807, 2.05) is 11.6 Å². The van der Waals surface area contributed by atoms with Gasteiger partial charge in [0.15, 0.2) is 9.84 Å². The molecule has 0 radical (unpaired) electrons. The number of hydrogen-bond donors (Lipinski definition) is 1. The fourth-order valence-corrected chi connectivity index (χ4v) is 4.84. The van der Waals surface area contributed by atoms with Crippen molar-refractivity contribution < 1.29 is 8.42 Å². The van der Waals surface area contributed by atoms with Gasteiger partial charge < -0.3 is 5.32 Å². The van der Waals surface area contributed by atoms with E-state index in [0.29, 0.717) is 5.92 Å². The molecule has 1 heterocycles. The standard InChI is InChI=1S/C16H29N3O2S/c1-12(11-19-14(3)9-13(2)18-19)10-17-15-7-5-6-8-16(15)22(4,20)21/h9,12,15-17H,5-8,10-11H2,1-4H3/t12-,15-,16+/m1/s1. The van der Waals surface area contributed by atoms with Gasteiger partial charge in [0, 0.05) is 24.5 Å². The fraction of sp³-hybridized carbons (Fsp3) is 0.812. The van der Waals surface area contributed by atoms with E-state index in [4.69, 9.17) is 0 Å². The zero-order chi connectivity index (χ0) is 16.3. The van der Waals surface area contributed by atoms with Gasteiger partial charge in [-0.25, -0.2) is 8.42 Å². The van der Waals surface area contributed by atoms with E-state index < -0.39 is 9.84 Å². The maximum atomic E-state index is 11.9. The smallest absolute Gasteiger partial charge is 0.151 e. The lowest BCUT2D eigenvalue weighted by atomic mass is 9.94. The molecule has 1 N–H and O–H groups in total. The molecule has 22 heavy (non-hydrogen) atoms. The Labute approximate surface area is 134 Å². The maximum Gasteiger partial charge on any atom is 0.151 e. The number of nitrogens with zero attached hydrogens (tertiary/aromatic N) is 2. The summed E-state index contributed by atoms with van der Waals surface area (Å²) in [6.45, 7) is 7.95. The van der Waals surface area contributed by atoms with Crippen LogP contribution in [0.1, 0.15) is 44.0 Å². The molecule has 0 unspecified atom stereocenters. The maximum absolute atomic E-state index is 11.9. The number of nitrogens with one attached hydrogen (secondary N) is 1. The summed E-state index contributed by atoms with van der Waals surface area (Å²) in [6.07, 6.45) is 5.27. The van der Waals surface area contributed by atoms with Gasteiger partial charge in [0.25, 0.3) is 0 Å². The summed E-state index contributed by atoms with van der Waals surface area (Å²) >= 11 is 0. The van der Waals surface area contributed by atoms with Crippen LogP contribution in [0.15, 0.2) is 6.07 Å². The number of sulfone groups is 1. The largest absolute Gasteiger partial charge is 0.312 e. The van der Waals surface area contributed by atoms with Crippen molar-refractivity contribution in [1.82, 2.24) is 15.1 Å². The number of aromatic nitrogens is 2. The second kappa shape index (κ2) is 7.13. The average molecular weight is 327 g/mol. The molecule has 1 aromatic rings. The summed E-state index contributed by atoms with van der Waals surface area (Å²) in [5.41, 5.74) is 2.22. The number of rotatable bonds is 6. The highest BCUT2D eigenvalue weighted by molar-refractivity contribution is 7.91. The van der Waals surface area contributed by atoms with E-state index in [0.717, 1.165) is 44.5 Å². The van der Waals surface area contributed by atoms with E-state index in [1.165, 1.54) is 11.9 Å². The van der Waals surface area contributed by atoms with Crippen LogP contribution in [0, 0.1) is 19.8 Å². The Hall–Kier alpha value is -0.880. The minimum absolute atomic E-state index is 0.103. The predicted molar refractivity (Wildman–Crippen MR) is 89.8 cm³/mol. The van der Waals surface area contributed by atoms with Crippen LogP contribution in [0.3, 0.4) is 0 Å². The minimum Gasteiger partial charge on any atom is -0.312 e. The summed E-state index contributed by atoms with van der Waals surface area (Å²) in [6, 6.07) is 2.19. The molecule has 0 amide bonds. The quantitative estimate of drug-likeness (QED) is 0.869. The highest BCUT2D eigenvalue weighted by Gasteiger charge is 2.32. The van der Waals surface area contributed by atoms with Gasteiger partial charge in [-0.15, -0.1) is 0 Å². The average Bonchev–Trinajstić information content (AvgIpc) is 2.74. The van der Waals surface area contributed by atoms with Gasteiger partial charge in [0.1, 0.15) is 0 Å². The van der Waals surface area contributed by atoms with E-state index in [1.54, 1.807) is 0 Å². The van der Waals surface area contributed by atoms with E-state index in [9.17, 15) is 8.42 Å². The van der Waals surface area contributed by atoms with Crippen molar-refractivity contribution in [2.24, 2.45) is 5.92 Å². The topological polar surface area (TPSA) is 64.0 Å². The Balaban J connectivity index is 1.89. The molecule has 0 aromatic carbocycles. The van der Waals surface area contributed by atoms with Crippen molar-refractivity contribution in [1.29, 1.82) is 0 Å².